The predicted molar refractivity (Wildman–Crippen MR) is 263 cm³/mol. The molecule has 1 aromatic heterocycles. The fourth-order valence-corrected chi connectivity index (χ4v) is 11.8. The zero-order valence-corrected chi connectivity index (χ0v) is 38.6. The van der Waals surface area contributed by atoms with Crippen molar-refractivity contribution in [3.63, 3.8) is 0 Å². The van der Waals surface area contributed by atoms with Crippen molar-refractivity contribution in [2.75, 3.05) is 9.80 Å². The summed E-state index contributed by atoms with van der Waals surface area (Å²) in [4.78, 5) is 5.27. The molecular formula is C56H59BN2S. The smallest absolute Gasteiger partial charge is 0.264 e. The van der Waals surface area contributed by atoms with Gasteiger partial charge in [-0.15, -0.1) is 11.3 Å². The standard InChI is InChI=1S/C56H59BN2S/c1-34-18-24-40(36-16-14-13-15-17-36)46(28-34)59-48-30-35(2)29-47-50(48)57(52-51(59)41-32-42-43(33-49(41)60-52)56(11,12)27-26-55(42,9)10)44-31-38(54(6,7)8)21-25-45(44)58(47)39-22-19-37(20-23-39)53(3,4)5/h13-25,28-33H,26-27H2,1-12H3. The van der Waals surface area contributed by atoms with Crippen LogP contribution in [-0.4, -0.2) is 6.71 Å². The SMILES string of the molecule is Cc1ccc(-c2ccccc2)c(N2c3cc(C)cc4c3B(c3cc(C(C)(C)C)ccc3N4c3ccc(C(C)(C)C)cc3)c3sc4cc5c(cc4c32)C(C)(C)CCC5(C)C)c1. The number of thiophene rings is 1. The molecule has 2 aliphatic heterocycles. The van der Waals surface area contributed by atoms with Crippen LogP contribution in [0.25, 0.3) is 21.2 Å². The van der Waals surface area contributed by atoms with E-state index in [-0.39, 0.29) is 28.4 Å². The fraction of sp³-hybridized carbons (Fsp3) is 0.321. The lowest BCUT2D eigenvalue weighted by Gasteiger charge is -2.44. The molecule has 60 heavy (non-hydrogen) atoms. The Labute approximate surface area is 363 Å². The molecule has 0 atom stereocenters. The van der Waals surface area contributed by atoms with Crippen molar-refractivity contribution in [2.24, 2.45) is 0 Å². The molecule has 0 saturated carbocycles. The van der Waals surface area contributed by atoms with E-state index < -0.39 is 0 Å². The maximum atomic E-state index is 2.69. The van der Waals surface area contributed by atoms with Crippen LogP contribution in [0.3, 0.4) is 0 Å². The third-order valence-electron chi connectivity index (χ3n) is 14.1. The molecule has 3 aliphatic rings. The van der Waals surface area contributed by atoms with Gasteiger partial charge < -0.3 is 9.80 Å². The summed E-state index contributed by atoms with van der Waals surface area (Å²) in [5, 5.41) is 1.38. The number of aryl methyl sites for hydroxylation is 2. The van der Waals surface area contributed by atoms with Crippen LogP contribution in [0.2, 0.25) is 0 Å². The van der Waals surface area contributed by atoms with Crippen LogP contribution >= 0.6 is 11.3 Å². The summed E-state index contributed by atoms with van der Waals surface area (Å²) in [7, 11) is 0. The number of benzene rings is 6. The molecule has 6 aromatic carbocycles. The Morgan fingerprint density at radius 1 is 0.567 bits per heavy atom. The van der Waals surface area contributed by atoms with Crippen LogP contribution in [0.4, 0.5) is 34.1 Å². The highest BCUT2D eigenvalue weighted by molar-refractivity contribution is 7.33. The molecule has 0 amide bonds. The van der Waals surface area contributed by atoms with Gasteiger partial charge in [0, 0.05) is 43.2 Å². The highest BCUT2D eigenvalue weighted by atomic mass is 32.1. The van der Waals surface area contributed by atoms with Gasteiger partial charge in [0.2, 0.25) is 0 Å². The maximum absolute atomic E-state index is 2.69. The normalized spacial score (nSPS) is 16.4. The molecule has 1 aliphatic carbocycles. The second-order valence-corrected chi connectivity index (χ2v) is 22.6. The highest BCUT2D eigenvalue weighted by Crippen LogP contribution is 2.53. The monoisotopic (exact) mass is 802 g/mol. The van der Waals surface area contributed by atoms with E-state index in [1.807, 2.05) is 11.3 Å². The Bertz CT molecular complexity index is 2860. The first-order chi connectivity index (χ1) is 28.3. The Hall–Kier alpha value is -5.06. The maximum Gasteiger partial charge on any atom is 0.264 e. The van der Waals surface area contributed by atoms with Crippen LogP contribution in [0.1, 0.15) is 115 Å². The van der Waals surface area contributed by atoms with E-state index in [9.17, 15) is 0 Å². The Kier molecular flexibility index (Phi) is 8.62. The molecule has 0 radical (unpaired) electrons. The van der Waals surface area contributed by atoms with Crippen molar-refractivity contribution < 1.29 is 0 Å². The van der Waals surface area contributed by atoms with Crippen molar-refractivity contribution in [1.82, 2.24) is 0 Å². The first kappa shape index (κ1) is 39.1. The lowest BCUT2D eigenvalue weighted by molar-refractivity contribution is 0.332. The largest absolute Gasteiger partial charge is 0.311 e. The summed E-state index contributed by atoms with van der Waals surface area (Å²) in [6, 6.07) is 45.0. The molecule has 2 nitrogen and oxygen atoms in total. The van der Waals surface area contributed by atoms with Gasteiger partial charge >= 0.3 is 0 Å². The molecule has 0 spiro atoms. The fourth-order valence-electron chi connectivity index (χ4n) is 10.5. The molecule has 3 heterocycles. The molecule has 7 aromatic rings. The third kappa shape index (κ3) is 6.03. The summed E-state index contributed by atoms with van der Waals surface area (Å²) in [6.07, 6.45) is 2.39. The average Bonchev–Trinajstić information content (AvgIpc) is 3.57. The molecular weight excluding hydrogens is 744 g/mol. The van der Waals surface area contributed by atoms with E-state index in [1.54, 1.807) is 0 Å². The number of hydrogen-bond acceptors (Lipinski definition) is 3. The van der Waals surface area contributed by atoms with Crippen LogP contribution in [-0.2, 0) is 21.7 Å². The number of anilines is 6. The lowest BCUT2D eigenvalue weighted by atomic mass is 9.36. The van der Waals surface area contributed by atoms with Crippen molar-refractivity contribution in [3.05, 3.63) is 149 Å². The van der Waals surface area contributed by atoms with Gasteiger partial charge in [0.1, 0.15) is 0 Å². The third-order valence-corrected chi connectivity index (χ3v) is 15.3. The van der Waals surface area contributed by atoms with E-state index in [1.165, 1.54) is 117 Å². The van der Waals surface area contributed by atoms with Gasteiger partial charge in [-0.05, 0) is 147 Å². The predicted octanol–water partition coefficient (Wildman–Crippen LogP) is 14.2. The quantitative estimate of drug-likeness (QED) is 0.164. The van der Waals surface area contributed by atoms with E-state index in [4.69, 9.17) is 0 Å². The van der Waals surface area contributed by atoms with Crippen LogP contribution in [0.15, 0.2) is 115 Å². The van der Waals surface area contributed by atoms with Gasteiger partial charge in [-0.25, -0.2) is 0 Å². The zero-order chi connectivity index (χ0) is 42.3. The molecule has 0 unspecified atom stereocenters. The molecule has 4 heteroatoms. The summed E-state index contributed by atoms with van der Waals surface area (Å²) < 4.78 is 2.83. The summed E-state index contributed by atoms with van der Waals surface area (Å²) in [5.74, 6) is 0. The molecule has 302 valence electrons. The van der Waals surface area contributed by atoms with Gasteiger partial charge in [0.05, 0.1) is 11.4 Å². The first-order valence-electron chi connectivity index (χ1n) is 22.1. The van der Waals surface area contributed by atoms with Crippen molar-refractivity contribution in [1.29, 1.82) is 0 Å². The molecule has 0 fully saturated rings. The van der Waals surface area contributed by atoms with Gasteiger partial charge in [-0.2, -0.15) is 0 Å². The van der Waals surface area contributed by atoms with Crippen LogP contribution in [0.5, 0.6) is 0 Å². The van der Waals surface area contributed by atoms with E-state index in [2.05, 4.69) is 208 Å². The van der Waals surface area contributed by atoms with Gasteiger partial charge in [0.25, 0.3) is 6.71 Å². The minimum absolute atomic E-state index is 0.00331. The highest BCUT2D eigenvalue weighted by Gasteiger charge is 2.47. The molecule has 10 rings (SSSR count). The minimum atomic E-state index is -0.00331. The van der Waals surface area contributed by atoms with Crippen molar-refractivity contribution in [3.8, 4) is 11.1 Å². The number of hydrogen-bond donors (Lipinski definition) is 0. The van der Waals surface area contributed by atoms with E-state index >= 15 is 0 Å². The number of rotatable bonds is 3. The Morgan fingerprint density at radius 2 is 1.17 bits per heavy atom. The molecule has 0 saturated heterocycles. The second kappa shape index (κ2) is 13.2. The minimum Gasteiger partial charge on any atom is -0.311 e. The molecule has 0 bridgehead atoms. The van der Waals surface area contributed by atoms with Crippen LogP contribution < -0.4 is 25.5 Å². The lowest BCUT2D eigenvalue weighted by Crippen LogP contribution is -2.60. The van der Waals surface area contributed by atoms with Crippen LogP contribution in [0, 0.1) is 13.8 Å². The van der Waals surface area contributed by atoms with Gasteiger partial charge in [-0.1, -0.05) is 136 Å². The Balaban J connectivity index is 1.35. The number of fused-ring (bicyclic) bond motifs is 7. The second-order valence-electron chi connectivity index (χ2n) is 21.5. The van der Waals surface area contributed by atoms with Gasteiger partial charge in [-0.3, -0.25) is 0 Å². The topological polar surface area (TPSA) is 6.48 Å². The number of nitrogens with zero attached hydrogens (tertiary/aromatic N) is 2. The Morgan fingerprint density at radius 3 is 1.82 bits per heavy atom. The van der Waals surface area contributed by atoms with Crippen molar-refractivity contribution >= 4 is 78.0 Å². The van der Waals surface area contributed by atoms with Gasteiger partial charge in [0.15, 0.2) is 0 Å². The summed E-state index contributed by atoms with van der Waals surface area (Å²) in [6.45, 7) is 28.5. The van der Waals surface area contributed by atoms with E-state index in [0.29, 0.717) is 0 Å². The summed E-state index contributed by atoms with van der Waals surface area (Å²) in [5.41, 5.74) is 21.4. The zero-order valence-electron chi connectivity index (χ0n) is 37.8. The first-order valence-corrected chi connectivity index (χ1v) is 22.9. The van der Waals surface area contributed by atoms with E-state index in [0.717, 1.165) is 0 Å². The average molecular weight is 803 g/mol. The van der Waals surface area contributed by atoms with Crippen molar-refractivity contribution in [2.45, 2.75) is 118 Å². The molecule has 0 N–H and O–H groups in total. The summed E-state index contributed by atoms with van der Waals surface area (Å²) >= 11 is 2.04.